The van der Waals surface area contributed by atoms with Crippen LogP contribution >= 0.6 is 0 Å². The summed E-state index contributed by atoms with van der Waals surface area (Å²) in [6, 6.07) is 10.5. The van der Waals surface area contributed by atoms with Crippen molar-refractivity contribution in [3.8, 4) is 5.75 Å². The van der Waals surface area contributed by atoms with Crippen molar-refractivity contribution < 1.29 is 17.4 Å². The van der Waals surface area contributed by atoms with E-state index in [-0.39, 0.29) is 27.9 Å². The summed E-state index contributed by atoms with van der Waals surface area (Å²) in [5.74, 6) is -0.344. The Bertz CT molecular complexity index is 1170. The quantitative estimate of drug-likeness (QED) is 0.699. The number of carbonyl (C=O) groups is 1. The third-order valence-corrected chi connectivity index (χ3v) is 5.16. The second-order valence-corrected chi connectivity index (χ2v) is 7.31. The SMILES string of the molecule is CC(=O)Nc1ccccc1OS(=O)(=O)c1ccc2c(c1)n(C)c(=O)n2C. The van der Waals surface area contributed by atoms with Gasteiger partial charge in [-0.05, 0) is 30.3 Å². The molecule has 1 heterocycles. The molecule has 1 aromatic heterocycles. The lowest BCUT2D eigenvalue weighted by Gasteiger charge is -2.11. The number of nitrogens with one attached hydrogen (secondary N) is 1. The van der Waals surface area contributed by atoms with Crippen molar-refractivity contribution in [3.05, 3.63) is 52.9 Å². The zero-order chi connectivity index (χ0) is 19.1. The molecule has 0 fully saturated rings. The van der Waals surface area contributed by atoms with Gasteiger partial charge in [0.25, 0.3) is 0 Å². The van der Waals surface area contributed by atoms with Gasteiger partial charge < -0.3 is 9.50 Å². The van der Waals surface area contributed by atoms with Gasteiger partial charge in [0.1, 0.15) is 4.90 Å². The number of rotatable bonds is 4. The van der Waals surface area contributed by atoms with Crippen LogP contribution < -0.4 is 15.2 Å². The van der Waals surface area contributed by atoms with Crippen LogP contribution in [0.15, 0.2) is 52.2 Å². The number of benzene rings is 2. The van der Waals surface area contributed by atoms with Crippen LogP contribution in [0, 0.1) is 0 Å². The van der Waals surface area contributed by atoms with Crippen molar-refractivity contribution in [1.29, 1.82) is 0 Å². The summed E-state index contributed by atoms with van der Waals surface area (Å²) in [7, 11) is -0.986. The molecule has 1 amide bonds. The summed E-state index contributed by atoms with van der Waals surface area (Å²) in [4.78, 5) is 23.2. The molecule has 0 aliphatic rings. The molecule has 0 bridgehead atoms. The molecule has 0 saturated heterocycles. The summed E-state index contributed by atoms with van der Waals surface area (Å²) in [5.41, 5.74) is 1.07. The number of anilines is 1. The lowest BCUT2D eigenvalue weighted by molar-refractivity contribution is -0.114. The standard InChI is InChI=1S/C17H17N3O5S/c1-11(21)18-13-6-4-5-7-16(13)25-26(23,24)12-8-9-14-15(10-12)20(3)17(22)19(14)2/h4-10H,1-3H3,(H,18,21). The van der Waals surface area contributed by atoms with E-state index in [0.29, 0.717) is 11.0 Å². The largest absolute Gasteiger partial charge is 0.377 e. The molecular weight excluding hydrogens is 358 g/mol. The number of aryl methyl sites for hydroxylation is 2. The highest BCUT2D eigenvalue weighted by Gasteiger charge is 2.21. The highest BCUT2D eigenvalue weighted by molar-refractivity contribution is 7.87. The minimum absolute atomic E-state index is 0.00440. The fourth-order valence-corrected chi connectivity index (χ4v) is 3.61. The molecule has 0 unspecified atom stereocenters. The molecule has 0 atom stereocenters. The highest BCUT2D eigenvalue weighted by atomic mass is 32.2. The number of aromatic nitrogens is 2. The van der Waals surface area contributed by atoms with Gasteiger partial charge in [-0.2, -0.15) is 8.42 Å². The monoisotopic (exact) mass is 375 g/mol. The van der Waals surface area contributed by atoms with Gasteiger partial charge in [-0.15, -0.1) is 0 Å². The Kier molecular flexibility index (Phi) is 4.33. The summed E-state index contributed by atoms with van der Waals surface area (Å²) >= 11 is 0. The number of nitrogens with zero attached hydrogens (tertiary/aromatic N) is 2. The number of amides is 1. The van der Waals surface area contributed by atoms with E-state index in [0.717, 1.165) is 0 Å². The van der Waals surface area contributed by atoms with Crippen molar-refractivity contribution in [1.82, 2.24) is 9.13 Å². The topological polar surface area (TPSA) is 99.4 Å². The van der Waals surface area contributed by atoms with Crippen molar-refractivity contribution in [2.24, 2.45) is 14.1 Å². The van der Waals surface area contributed by atoms with Crippen LogP contribution in [-0.2, 0) is 29.0 Å². The van der Waals surface area contributed by atoms with Gasteiger partial charge in [-0.25, -0.2) is 4.79 Å². The minimum Gasteiger partial charge on any atom is -0.377 e. The minimum atomic E-state index is -4.16. The number of hydrogen-bond acceptors (Lipinski definition) is 5. The molecule has 8 nitrogen and oxygen atoms in total. The zero-order valence-electron chi connectivity index (χ0n) is 14.4. The van der Waals surface area contributed by atoms with E-state index in [9.17, 15) is 18.0 Å². The average Bonchev–Trinajstić information content (AvgIpc) is 2.80. The predicted octanol–water partition coefficient (Wildman–Crippen LogP) is 1.60. The molecule has 0 radical (unpaired) electrons. The smallest absolute Gasteiger partial charge is 0.339 e. The van der Waals surface area contributed by atoms with Gasteiger partial charge in [0, 0.05) is 21.0 Å². The molecule has 3 aromatic rings. The molecule has 0 spiro atoms. The lowest BCUT2D eigenvalue weighted by Crippen LogP contribution is -2.19. The van der Waals surface area contributed by atoms with Crippen LogP contribution in [0.1, 0.15) is 6.92 Å². The summed E-state index contributed by atoms with van der Waals surface area (Å²) < 4.78 is 33.3. The van der Waals surface area contributed by atoms with Gasteiger partial charge >= 0.3 is 15.8 Å². The van der Waals surface area contributed by atoms with E-state index in [4.69, 9.17) is 4.18 Å². The van der Waals surface area contributed by atoms with Gasteiger partial charge in [-0.1, -0.05) is 12.1 Å². The third-order valence-electron chi connectivity index (χ3n) is 3.93. The Morgan fingerprint density at radius 3 is 2.38 bits per heavy atom. The van der Waals surface area contributed by atoms with Crippen LogP contribution in [0.25, 0.3) is 11.0 Å². The molecule has 2 aromatic carbocycles. The molecule has 1 N–H and O–H groups in total. The van der Waals surface area contributed by atoms with Crippen LogP contribution in [-0.4, -0.2) is 23.5 Å². The number of carbonyl (C=O) groups excluding carboxylic acids is 1. The van der Waals surface area contributed by atoms with Crippen LogP contribution in [0.2, 0.25) is 0 Å². The molecule has 0 aliphatic heterocycles. The highest BCUT2D eigenvalue weighted by Crippen LogP contribution is 2.28. The first-order valence-corrected chi connectivity index (χ1v) is 9.08. The fourth-order valence-electron chi connectivity index (χ4n) is 2.64. The Hall–Kier alpha value is -3.07. The lowest BCUT2D eigenvalue weighted by atomic mass is 10.3. The fraction of sp³-hybridized carbons (Fsp3) is 0.176. The van der Waals surface area contributed by atoms with E-state index < -0.39 is 10.1 Å². The Balaban J connectivity index is 2.04. The second-order valence-electron chi connectivity index (χ2n) is 5.77. The van der Waals surface area contributed by atoms with Gasteiger partial charge in [0.05, 0.1) is 16.7 Å². The van der Waals surface area contributed by atoms with E-state index in [1.807, 2.05) is 0 Å². The van der Waals surface area contributed by atoms with Gasteiger partial charge in [-0.3, -0.25) is 13.9 Å². The van der Waals surface area contributed by atoms with E-state index in [2.05, 4.69) is 5.32 Å². The summed E-state index contributed by atoms with van der Waals surface area (Å²) in [6.07, 6.45) is 0. The van der Waals surface area contributed by atoms with Crippen molar-refractivity contribution in [2.45, 2.75) is 11.8 Å². The Morgan fingerprint density at radius 1 is 1.04 bits per heavy atom. The number of imidazole rings is 1. The first-order valence-electron chi connectivity index (χ1n) is 7.67. The Morgan fingerprint density at radius 2 is 1.69 bits per heavy atom. The number of para-hydroxylation sites is 2. The maximum absolute atomic E-state index is 12.7. The van der Waals surface area contributed by atoms with Gasteiger partial charge in [0.2, 0.25) is 5.91 Å². The molecule has 9 heteroatoms. The first kappa shape index (κ1) is 17.7. The first-order chi connectivity index (χ1) is 12.2. The van der Waals surface area contributed by atoms with E-state index in [1.54, 1.807) is 32.3 Å². The van der Waals surface area contributed by atoms with Crippen LogP contribution in [0.4, 0.5) is 5.69 Å². The molecule has 26 heavy (non-hydrogen) atoms. The summed E-state index contributed by atoms with van der Waals surface area (Å²) in [6.45, 7) is 1.31. The maximum atomic E-state index is 12.7. The number of fused-ring (bicyclic) bond motifs is 1. The normalized spacial score (nSPS) is 11.5. The molecule has 0 saturated carbocycles. The third kappa shape index (κ3) is 3.08. The van der Waals surface area contributed by atoms with Crippen LogP contribution in [0.5, 0.6) is 5.75 Å². The molecular formula is C17H17N3O5S. The van der Waals surface area contributed by atoms with Crippen molar-refractivity contribution in [3.63, 3.8) is 0 Å². The van der Waals surface area contributed by atoms with Crippen molar-refractivity contribution >= 4 is 32.7 Å². The van der Waals surface area contributed by atoms with E-state index >= 15 is 0 Å². The average molecular weight is 375 g/mol. The predicted molar refractivity (Wildman–Crippen MR) is 96.7 cm³/mol. The Labute approximate surface area is 149 Å². The number of hydrogen-bond donors (Lipinski definition) is 1. The second kappa shape index (κ2) is 6.34. The van der Waals surface area contributed by atoms with Crippen LogP contribution in [0.3, 0.4) is 0 Å². The molecule has 3 rings (SSSR count). The van der Waals surface area contributed by atoms with E-state index in [1.165, 1.54) is 40.3 Å². The van der Waals surface area contributed by atoms with Gasteiger partial charge in [0.15, 0.2) is 5.75 Å². The maximum Gasteiger partial charge on any atom is 0.339 e. The summed E-state index contributed by atoms with van der Waals surface area (Å²) in [5, 5.41) is 2.52. The zero-order valence-corrected chi connectivity index (χ0v) is 15.2. The van der Waals surface area contributed by atoms with Crippen molar-refractivity contribution in [2.75, 3.05) is 5.32 Å². The molecule has 0 aliphatic carbocycles. The molecule has 136 valence electrons.